The van der Waals surface area contributed by atoms with Crippen LogP contribution >= 0.6 is 0 Å². The van der Waals surface area contributed by atoms with Gasteiger partial charge in [0.1, 0.15) is 17.7 Å². The highest BCUT2D eigenvalue weighted by Crippen LogP contribution is 2.25. The van der Waals surface area contributed by atoms with Gasteiger partial charge >= 0.3 is 0 Å². The first-order valence-corrected chi connectivity index (χ1v) is 7.02. The second-order valence-electron chi connectivity index (χ2n) is 4.92. The molecule has 3 rings (SSSR count). The molecule has 108 valence electrons. The molecule has 0 aliphatic carbocycles. The maximum absolute atomic E-state index is 8.75. The highest BCUT2D eigenvalue weighted by atomic mass is 14.8. The Morgan fingerprint density at radius 3 is 2.61 bits per heavy atom. The molecule has 1 heterocycles. The van der Waals surface area contributed by atoms with Crippen LogP contribution in [-0.2, 0) is 0 Å². The third-order valence-electron chi connectivity index (χ3n) is 3.41. The fraction of sp³-hybridized carbons (Fsp3) is 0. The lowest BCUT2D eigenvalue weighted by molar-refractivity contribution is 1.41. The van der Waals surface area contributed by atoms with Crippen LogP contribution in [0.1, 0.15) is 0 Å². The van der Waals surface area contributed by atoms with Crippen molar-refractivity contribution in [2.75, 3.05) is 5.32 Å². The molecule has 0 unspecified atom stereocenters. The Kier molecular flexibility index (Phi) is 4.00. The topological polar surface area (TPSA) is 72.5 Å². The zero-order chi connectivity index (χ0) is 16.1. The van der Waals surface area contributed by atoms with Gasteiger partial charge in [-0.1, -0.05) is 30.3 Å². The van der Waals surface area contributed by atoms with Gasteiger partial charge in [-0.15, -0.1) is 0 Å². The summed E-state index contributed by atoms with van der Waals surface area (Å²) < 4.78 is 0. The molecule has 2 aromatic carbocycles. The van der Waals surface area contributed by atoms with E-state index in [1.807, 2.05) is 66.9 Å². The van der Waals surface area contributed by atoms with Gasteiger partial charge < -0.3 is 5.32 Å². The summed E-state index contributed by atoms with van der Waals surface area (Å²) in [5.74, 6) is 0. The lowest BCUT2D eigenvalue weighted by atomic mass is 10.0. The molecule has 0 saturated carbocycles. The zero-order valence-electron chi connectivity index (χ0n) is 12.2. The number of fused-ring (bicyclic) bond motifs is 1. The molecule has 0 atom stereocenters. The molecule has 1 aromatic heterocycles. The smallest absolute Gasteiger partial charge is 0.145 e. The van der Waals surface area contributed by atoms with Crippen molar-refractivity contribution < 1.29 is 0 Å². The van der Waals surface area contributed by atoms with Crippen molar-refractivity contribution in [2.45, 2.75) is 0 Å². The Morgan fingerprint density at radius 2 is 1.78 bits per heavy atom. The maximum atomic E-state index is 8.75. The molecule has 0 bridgehead atoms. The molecule has 23 heavy (non-hydrogen) atoms. The lowest BCUT2D eigenvalue weighted by Crippen LogP contribution is -1.90. The monoisotopic (exact) mass is 296 g/mol. The van der Waals surface area contributed by atoms with Crippen molar-refractivity contribution in [1.29, 1.82) is 10.5 Å². The molecule has 0 radical (unpaired) electrons. The summed E-state index contributed by atoms with van der Waals surface area (Å²) in [5.41, 5.74) is 3.82. The van der Waals surface area contributed by atoms with E-state index in [1.54, 1.807) is 0 Å². The number of pyridine rings is 1. The van der Waals surface area contributed by atoms with Crippen molar-refractivity contribution in [2.24, 2.45) is 0 Å². The zero-order valence-corrected chi connectivity index (χ0v) is 12.2. The van der Waals surface area contributed by atoms with Gasteiger partial charge in [-0.05, 0) is 29.8 Å². The molecule has 4 heteroatoms. The van der Waals surface area contributed by atoms with Crippen LogP contribution in [-0.4, -0.2) is 4.98 Å². The molecule has 4 nitrogen and oxygen atoms in total. The summed E-state index contributed by atoms with van der Waals surface area (Å²) in [6.07, 6.45) is 3.24. The summed E-state index contributed by atoms with van der Waals surface area (Å²) in [6.45, 7) is 0. The van der Waals surface area contributed by atoms with Crippen LogP contribution in [0.2, 0.25) is 0 Å². The summed E-state index contributed by atoms with van der Waals surface area (Å²) in [6, 6.07) is 21.4. The summed E-state index contributed by atoms with van der Waals surface area (Å²) in [5, 5.41) is 21.5. The van der Waals surface area contributed by atoms with Crippen molar-refractivity contribution in [3.8, 4) is 23.3 Å². The highest BCUT2D eigenvalue weighted by molar-refractivity contribution is 5.83. The van der Waals surface area contributed by atoms with E-state index in [-0.39, 0.29) is 5.57 Å². The standard InChI is InChI=1S/C19H12N4/c20-10-14(11-21)12-22-18-6-3-5-15(9-18)17-8-16-4-1-2-7-19(16)23-13-17/h1-9,12-13,22H. The van der Waals surface area contributed by atoms with E-state index in [0.29, 0.717) is 0 Å². The lowest BCUT2D eigenvalue weighted by Gasteiger charge is -2.06. The average Bonchev–Trinajstić information content (AvgIpc) is 2.62. The van der Waals surface area contributed by atoms with E-state index < -0.39 is 0 Å². The first kappa shape index (κ1) is 14.3. The third-order valence-corrected chi connectivity index (χ3v) is 3.41. The van der Waals surface area contributed by atoms with Crippen molar-refractivity contribution in [3.05, 3.63) is 72.6 Å². The summed E-state index contributed by atoms with van der Waals surface area (Å²) in [4.78, 5) is 4.47. The summed E-state index contributed by atoms with van der Waals surface area (Å²) in [7, 11) is 0. The first-order chi connectivity index (χ1) is 11.3. The number of hydrogen-bond donors (Lipinski definition) is 1. The second-order valence-corrected chi connectivity index (χ2v) is 4.92. The maximum Gasteiger partial charge on any atom is 0.145 e. The van der Waals surface area contributed by atoms with E-state index in [0.717, 1.165) is 27.7 Å². The normalized spacial score (nSPS) is 9.65. The van der Waals surface area contributed by atoms with Gasteiger partial charge in [0.05, 0.1) is 5.52 Å². The molecule has 0 saturated heterocycles. The number of benzene rings is 2. The van der Waals surface area contributed by atoms with E-state index >= 15 is 0 Å². The number of anilines is 1. The van der Waals surface area contributed by atoms with Crippen molar-refractivity contribution in [1.82, 2.24) is 4.98 Å². The van der Waals surface area contributed by atoms with Gasteiger partial charge in [-0.3, -0.25) is 4.98 Å². The molecule has 0 fully saturated rings. The Bertz CT molecular complexity index is 958. The molecule has 1 N–H and O–H groups in total. The van der Waals surface area contributed by atoms with Gasteiger partial charge in [-0.2, -0.15) is 10.5 Å². The number of allylic oxidation sites excluding steroid dienone is 1. The predicted molar refractivity (Wildman–Crippen MR) is 90.1 cm³/mol. The molecular formula is C19H12N4. The quantitative estimate of drug-likeness (QED) is 0.733. The van der Waals surface area contributed by atoms with Crippen LogP contribution in [0.4, 0.5) is 5.69 Å². The van der Waals surface area contributed by atoms with Crippen molar-refractivity contribution >= 4 is 16.6 Å². The molecule has 0 amide bonds. The van der Waals surface area contributed by atoms with Crippen LogP contribution in [0, 0.1) is 22.7 Å². The molecule has 0 aliphatic rings. The predicted octanol–water partition coefficient (Wildman–Crippen LogP) is 4.24. The minimum Gasteiger partial charge on any atom is -0.360 e. The minimum absolute atomic E-state index is 0.0303. The highest BCUT2D eigenvalue weighted by Gasteiger charge is 2.02. The number of nitrogens with one attached hydrogen (secondary N) is 1. The third kappa shape index (κ3) is 3.18. The van der Waals surface area contributed by atoms with Gasteiger partial charge in [0, 0.05) is 29.0 Å². The number of para-hydroxylation sites is 1. The van der Waals surface area contributed by atoms with E-state index in [2.05, 4.69) is 16.4 Å². The van der Waals surface area contributed by atoms with Gasteiger partial charge in [0.25, 0.3) is 0 Å². The van der Waals surface area contributed by atoms with Crippen molar-refractivity contribution in [3.63, 3.8) is 0 Å². The molecule has 0 spiro atoms. The minimum atomic E-state index is 0.0303. The SMILES string of the molecule is N#CC(C#N)=CNc1cccc(-c2cnc3ccccc3c2)c1. The van der Waals surface area contributed by atoms with Crippen LogP contribution < -0.4 is 5.32 Å². The van der Waals surface area contributed by atoms with E-state index in [1.165, 1.54) is 6.20 Å². The largest absolute Gasteiger partial charge is 0.360 e. The Balaban J connectivity index is 1.94. The summed E-state index contributed by atoms with van der Waals surface area (Å²) >= 11 is 0. The number of hydrogen-bond acceptors (Lipinski definition) is 4. The Labute approximate surface area is 133 Å². The van der Waals surface area contributed by atoms with E-state index in [4.69, 9.17) is 10.5 Å². The first-order valence-electron chi connectivity index (χ1n) is 7.02. The fourth-order valence-electron chi connectivity index (χ4n) is 2.26. The van der Waals surface area contributed by atoms with Gasteiger partial charge in [0.2, 0.25) is 0 Å². The Hall–Kier alpha value is -3.63. The van der Waals surface area contributed by atoms with E-state index in [9.17, 15) is 0 Å². The van der Waals surface area contributed by atoms with Gasteiger partial charge in [0.15, 0.2) is 0 Å². The van der Waals surface area contributed by atoms with Crippen LogP contribution in [0.15, 0.2) is 72.6 Å². The van der Waals surface area contributed by atoms with Crippen LogP contribution in [0.5, 0.6) is 0 Å². The average molecular weight is 296 g/mol. The number of rotatable bonds is 3. The van der Waals surface area contributed by atoms with Crippen LogP contribution in [0.3, 0.4) is 0 Å². The van der Waals surface area contributed by atoms with Gasteiger partial charge in [-0.25, -0.2) is 0 Å². The molecular weight excluding hydrogens is 284 g/mol. The Morgan fingerprint density at radius 1 is 0.957 bits per heavy atom. The number of nitrogens with zero attached hydrogens (tertiary/aromatic N) is 3. The fourth-order valence-corrected chi connectivity index (χ4v) is 2.26. The number of nitriles is 2. The number of aromatic nitrogens is 1. The second kappa shape index (κ2) is 6.43. The molecule has 3 aromatic rings. The van der Waals surface area contributed by atoms with Crippen LogP contribution in [0.25, 0.3) is 22.0 Å². The molecule has 0 aliphatic heterocycles.